The third-order valence-corrected chi connectivity index (χ3v) is 8.95. The van der Waals surface area contributed by atoms with Crippen molar-refractivity contribution in [3.63, 3.8) is 0 Å². The first-order valence-electron chi connectivity index (χ1n) is 17.9. The number of carboxylic acid groups (broad SMARTS) is 1. The number of rotatable bonds is 32. The lowest BCUT2D eigenvalue weighted by Gasteiger charge is -2.21. The summed E-state index contributed by atoms with van der Waals surface area (Å²) >= 11 is 0. The molecular weight excluding hydrogens is 464 g/mol. The molecule has 228 valence electrons. The molecule has 1 atom stereocenters. The Balaban J connectivity index is 3.63. The Bertz CT molecular complexity index is 428. The molecule has 0 aliphatic heterocycles. The lowest BCUT2D eigenvalue weighted by atomic mass is 9.84. The summed E-state index contributed by atoms with van der Waals surface area (Å²) in [5, 5.41) is 9.58. The van der Waals surface area contributed by atoms with Gasteiger partial charge in [0.15, 0.2) is 0 Å². The van der Waals surface area contributed by atoms with E-state index >= 15 is 0 Å². The second-order valence-electron chi connectivity index (χ2n) is 12.7. The van der Waals surface area contributed by atoms with E-state index in [1.165, 1.54) is 180 Å². The number of unbranched alkanes of at least 4 members (excludes halogenated alkanes) is 26. The van der Waals surface area contributed by atoms with Gasteiger partial charge in [0.05, 0.1) is 5.92 Å². The van der Waals surface area contributed by atoms with E-state index in [2.05, 4.69) is 13.8 Å². The van der Waals surface area contributed by atoms with Crippen molar-refractivity contribution in [3.05, 3.63) is 0 Å². The van der Waals surface area contributed by atoms with Crippen LogP contribution in [0.15, 0.2) is 0 Å². The second-order valence-corrected chi connectivity index (χ2v) is 12.7. The Hall–Kier alpha value is -0.530. The summed E-state index contributed by atoms with van der Waals surface area (Å²) in [4.78, 5) is 11.6. The lowest BCUT2D eigenvalue weighted by molar-refractivity contribution is -0.143. The molecule has 2 heteroatoms. The van der Waals surface area contributed by atoms with Crippen molar-refractivity contribution in [1.29, 1.82) is 0 Å². The molecule has 0 aliphatic carbocycles. The Morgan fingerprint density at radius 2 is 0.632 bits per heavy atom. The average Bonchev–Trinajstić information content (AvgIpc) is 2.91. The summed E-state index contributed by atoms with van der Waals surface area (Å²) in [6.45, 7) is 6.52. The smallest absolute Gasteiger partial charge is 0.306 e. The van der Waals surface area contributed by atoms with Crippen LogP contribution in [-0.4, -0.2) is 11.1 Å². The zero-order valence-corrected chi connectivity index (χ0v) is 26.7. The van der Waals surface area contributed by atoms with Gasteiger partial charge in [-0.2, -0.15) is 0 Å². The zero-order valence-electron chi connectivity index (χ0n) is 26.7. The van der Waals surface area contributed by atoms with Crippen molar-refractivity contribution in [2.45, 2.75) is 213 Å². The van der Waals surface area contributed by atoms with Gasteiger partial charge in [0.25, 0.3) is 0 Å². The van der Waals surface area contributed by atoms with E-state index in [0.29, 0.717) is 5.92 Å². The average molecular weight is 537 g/mol. The highest BCUT2D eigenvalue weighted by Gasteiger charge is 2.22. The Morgan fingerprint density at radius 1 is 0.421 bits per heavy atom. The molecule has 0 radical (unpaired) electrons. The van der Waals surface area contributed by atoms with E-state index in [1.54, 1.807) is 0 Å². The molecule has 38 heavy (non-hydrogen) atoms. The normalized spacial score (nSPS) is 12.4. The number of hydrogen-bond donors (Lipinski definition) is 1. The predicted molar refractivity (Wildman–Crippen MR) is 170 cm³/mol. The standard InChI is InChI=1S/C36H72O2/c1-4-6-8-10-12-14-16-18-20-22-24-26-28-30-32-35(34(3)36(37)38)33-31-29-27-25-23-21-19-17-15-13-11-9-7-5-2/h34-35H,4-33H2,1-3H3,(H,37,38). The maximum Gasteiger partial charge on any atom is 0.306 e. The summed E-state index contributed by atoms with van der Waals surface area (Å²) in [5.41, 5.74) is 0. The van der Waals surface area contributed by atoms with Gasteiger partial charge in [-0.05, 0) is 18.8 Å². The van der Waals surface area contributed by atoms with Gasteiger partial charge >= 0.3 is 5.97 Å². The van der Waals surface area contributed by atoms with E-state index in [0.717, 1.165) is 12.8 Å². The van der Waals surface area contributed by atoms with Crippen molar-refractivity contribution >= 4 is 5.97 Å². The van der Waals surface area contributed by atoms with Gasteiger partial charge < -0.3 is 5.11 Å². The largest absolute Gasteiger partial charge is 0.481 e. The third kappa shape index (κ3) is 27.1. The van der Waals surface area contributed by atoms with E-state index in [1.807, 2.05) is 6.92 Å². The number of carbonyl (C=O) groups is 1. The van der Waals surface area contributed by atoms with Crippen LogP contribution in [0, 0.1) is 11.8 Å². The van der Waals surface area contributed by atoms with Crippen LogP contribution in [0.25, 0.3) is 0 Å². The first-order valence-corrected chi connectivity index (χ1v) is 17.9. The molecular formula is C36H72O2. The second kappa shape index (κ2) is 31.0. The van der Waals surface area contributed by atoms with Gasteiger partial charge in [-0.3, -0.25) is 4.79 Å². The van der Waals surface area contributed by atoms with Crippen LogP contribution in [0.1, 0.15) is 213 Å². The van der Waals surface area contributed by atoms with E-state index in [4.69, 9.17) is 0 Å². The molecule has 0 amide bonds. The van der Waals surface area contributed by atoms with Crippen LogP contribution in [0.5, 0.6) is 0 Å². The molecule has 0 spiro atoms. The Kier molecular flexibility index (Phi) is 30.6. The van der Waals surface area contributed by atoms with Gasteiger partial charge in [0.1, 0.15) is 0 Å². The minimum absolute atomic E-state index is 0.182. The summed E-state index contributed by atoms with van der Waals surface area (Å²) in [6.07, 6.45) is 41.0. The van der Waals surface area contributed by atoms with Gasteiger partial charge in [-0.15, -0.1) is 0 Å². The van der Waals surface area contributed by atoms with Crippen molar-refractivity contribution in [1.82, 2.24) is 0 Å². The maximum atomic E-state index is 11.6. The molecule has 0 saturated carbocycles. The van der Waals surface area contributed by atoms with Crippen LogP contribution in [-0.2, 0) is 4.79 Å². The van der Waals surface area contributed by atoms with E-state index < -0.39 is 5.97 Å². The molecule has 0 aromatic rings. The van der Waals surface area contributed by atoms with E-state index in [-0.39, 0.29) is 5.92 Å². The summed E-state index contributed by atoms with van der Waals surface area (Å²) in [7, 11) is 0. The molecule has 0 fully saturated rings. The quantitative estimate of drug-likeness (QED) is 0.0868. The fourth-order valence-electron chi connectivity index (χ4n) is 6.05. The topological polar surface area (TPSA) is 37.3 Å². The van der Waals surface area contributed by atoms with Crippen LogP contribution < -0.4 is 0 Å². The van der Waals surface area contributed by atoms with Gasteiger partial charge in [-0.1, -0.05) is 201 Å². The molecule has 0 heterocycles. The minimum atomic E-state index is -0.592. The van der Waals surface area contributed by atoms with Crippen LogP contribution in [0.4, 0.5) is 0 Å². The molecule has 0 bridgehead atoms. The zero-order chi connectivity index (χ0) is 27.9. The fourth-order valence-corrected chi connectivity index (χ4v) is 6.05. The molecule has 0 aliphatic rings. The summed E-state index contributed by atoms with van der Waals surface area (Å²) in [5.74, 6) is -0.396. The molecule has 1 N–H and O–H groups in total. The number of aliphatic carboxylic acids is 1. The van der Waals surface area contributed by atoms with Crippen molar-refractivity contribution in [3.8, 4) is 0 Å². The van der Waals surface area contributed by atoms with Gasteiger partial charge in [0.2, 0.25) is 0 Å². The van der Waals surface area contributed by atoms with E-state index in [9.17, 15) is 9.90 Å². The third-order valence-electron chi connectivity index (χ3n) is 8.95. The highest BCUT2D eigenvalue weighted by atomic mass is 16.4. The first-order chi connectivity index (χ1) is 18.6. The molecule has 0 saturated heterocycles. The summed E-state index contributed by atoms with van der Waals surface area (Å²) in [6, 6.07) is 0. The van der Waals surface area contributed by atoms with Crippen LogP contribution in [0.2, 0.25) is 0 Å². The summed E-state index contributed by atoms with van der Waals surface area (Å²) < 4.78 is 0. The van der Waals surface area contributed by atoms with Crippen molar-refractivity contribution < 1.29 is 9.90 Å². The molecule has 0 aromatic carbocycles. The van der Waals surface area contributed by atoms with Crippen LogP contribution in [0.3, 0.4) is 0 Å². The fraction of sp³-hybridized carbons (Fsp3) is 0.972. The highest BCUT2D eigenvalue weighted by molar-refractivity contribution is 5.69. The predicted octanol–water partition coefficient (Wildman–Crippen LogP) is 13.1. The number of hydrogen-bond acceptors (Lipinski definition) is 1. The van der Waals surface area contributed by atoms with Gasteiger partial charge in [-0.25, -0.2) is 0 Å². The molecule has 1 unspecified atom stereocenters. The van der Waals surface area contributed by atoms with Crippen molar-refractivity contribution in [2.24, 2.45) is 11.8 Å². The highest BCUT2D eigenvalue weighted by Crippen LogP contribution is 2.26. The van der Waals surface area contributed by atoms with Gasteiger partial charge in [0, 0.05) is 0 Å². The minimum Gasteiger partial charge on any atom is -0.481 e. The maximum absolute atomic E-state index is 11.6. The Labute approximate surface area is 240 Å². The molecule has 0 aromatic heterocycles. The SMILES string of the molecule is CCCCCCCCCCCCCCCCC(CCCCCCCCCCCCCCCC)C(C)C(=O)O. The lowest BCUT2D eigenvalue weighted by Crippen LogP contribution is -2.20. The molecule has 0 rings (SSSR count). The first kappa shape index (κ1) is 37.5. The molecule has 2 nitrogen and oxygen atoms in total. The van der Waals surface area contributed by atoms with Crippen LogP contribution >= 0.6 is 0 Å². The Morgan fingerprint density at radius 3 is 0.842 bits per heavy atom. The number of carboxylic acids is 1. The monoisotopic (exact) mass is 537 g/mol. The van der Waals surface area contributed by atoms with Crippen molar-refractivity contribution in [2.75, 3.05) is 0 Å².